The maximum atomic E-state index is 12.7. The molecule has 0 aromatic carbocycles. The van der Waals surface area contributed by atoms with Crippen molar-refractivity contribution in [1.82, 2.24) is 30.0 Å². The SMILES string of the molecule is C[C@H](Oc1cc(-c2cc3n(n2)CCC32CCN(C(=O)NC3CCC3)C2)cnc1N)c1cccnc1. The van der Waals surface area contributed by atoms with Crippen LogP contribution in [0.2, 0.25) is 0 Å². The van der Waals surface area contributed by atoms with Crippen LogP contribution >= 0.6 is 0 Å². The van der Waals surface area contributed by atoms with Gasteiger partial charge in [-0.1, -0.05) is 6.07 Å². The minimum atomic E-state index is -0.214. The Morgan fingerprint density at radius 3 is 2.89 bits per heavy atom. The molecule has 5 heterocycles. The van der Waals surface area contributed by atoms with Gasteiger partial charge in [-0.3, -0.25) is 9.67 Å². The lowest BCUT2D eigenvalue weighted by Crippen LogP contribution is -2.47. The number of amides is 2. The van der Waals surface area contributed by atoms with E-state index in [-0.39, 0.29) is 17.6 Å². The topological polar surface area (TPSA) is 111 Å². The molecule has 3 N–H and O–H groups in total. The van der Waals surface area contributed by atoms with E-state index in [4.69, 9.17) is 15.6 Å². The summed E-state index contributed by atoms with van der Waals surface area (Å²) < 4.78 is 8.23. The van der Waals surface area contributed by atoms with E-state index in [1.54, 1.807) is 18.6 Å². The molecule has 1 spiro atoms. The number of rotatable bonds is 5. The summed E-state index contributed by atoms with van der Waals surface area (Å²) in [5, 5.41) is 8.07. The van der Waals surface area contributed by atoms with E-state index in [0.717, 1.165) is 62.1 Å². The predicted molar refractivity (Wildman–Crippen MR) is 132 cm³/mol. The molecule has 1 saturated carbocycles. The third-order valence-corrected chi connectivity index (χ3v) is 7.83. The molecule has 3 aliphatic rings. The second kappa shape index (κ2) is 8.55. The predicted octanol–water partition coefficient (Wildman–Crippen LogP) is 3.67. The first-order chi connectivity index (χ1) is 17.0. The van der Waals surface area contributed by atoms with Crippen molar-refractivity contribution in [3.8, 4) is 17.0 Å². The van der Waals surface area contributed by atoms with Gasteiger partial charge in [0, 0.05) is 66.5 Å². The standard InChI is InChI=1S/C26H31N7O2/c1-17(18-4-3-9-28-14-18)35-22-12-19(15-29-24(22)27)21-13-23-26(8-11-33(23)31-21)7-10-32(16-26)25(34)30-20-5-2-6-20/h3-4,9,12-15,17,20H,2,5-8,10-11,16H2,1H3,(H2,27,29)(H,30,34)/t17-,26?/m0/s1. The molecular formula is C26H31N7O2. The van der Waals surface area contributed by atoms with Gasteiger partial charge in [-0.25, -0.2) is 9.78 Å². The normalized spacial score (nSPS) is 22.1. The van der Waals surface area contributed by atoms with Gasteiger partial charge in [0.05, 0.1) is 5.69 Å². The Bertz CT molecular complexity index is 1240. The number of likely N-dealkylation sites (tertiary alicyclic amines) is 1. The molecule has 0 bridgehead atoms. The van der Waals surface area contributed by atoms with Crippen molar-refractivity contribution >= 4 is 11.8 Å². The molecule has 2 atom stereocenters. The van der Waals surface area contributed by atoms with Crippen LogP contribution in [-0.2, 0) is 12.0 Å². The molecule has 182 valence electrons. The first-order valence-electron chi connectivity index (χ1n) is 12.5. The number of aryl methyl sites for hydroxylation is 1. The molecule has 1 saturated heterocycles. The van der Waals surface area contributed by atoms with Gasteiger partial charge in [0.15, 0.2) is 11.6 Å². The lowest BCUT2D eigenvalue weighted by Gasteiger charge is -2.30. The lowest BCUT2D eigenvalue weighted by molar-refractivity contribution is 0.193. The molecule has 3 aromatic heterocycles. The minimum Gasteiger partial charge on any atom is -0.482 e. The fourth-order valence-corrected chi connectivity index (χ4v) is 5.45. The molecule has 3 aromatic rings. The van der Waals surface area contributed by atoms with Crippen LogP contribution in [-0.4, -0.2) is 49.8 Å². The highest BCUT2D eigenvalue weighted by Gasteiger charge is 2.47. The van der Waals surface area contributed by atoms with Crippen LogP contribution in [0.25, 0.3) is 11.3 Å². The fraction of sp³-hybridized carbons (Fsp3) is 0.462. The second-order valence-corrected chi connectivity index (χ2v) is 10.1. The highest BCUT2D eigenvalue weighted by Crippen LogP contribution is 2.44. The summed E-state index contributed by atoms with van der Waals surface area (Å²) >= 11 is 0. The van der Waals surface area contributed by atoms with Gasteiger partial charge in [0.1, 0.15) is 6.10 Å². The van der Waals surface area contributed by atoms with Gasteiger partial charge >= 0.3 is 6.03 Å². The number of nitrogen functional groups attached to an aromatic ring is 1. The molecule has 2 aliphatic heterocycles. The Hall–Kier alpha value is -3.62. The molecule has 6 rings (SSSR count). The molecule has 2 amide bonds. The van der Waals surface area contributed by atoms with Gasteiger partial charge < -0.3 is 20.7 Å². The van der Waals surface area contributed by atoms with E-state index in [1.807, 2.05) is 30.0 Å². The first kappa shape index (κ1) is 21.9. The van der Waals surface area contributed by atoms with E-state index >= 15 is 0 Å². The molecule has 9 heteroatoms. The lowest BCUT2D eigenvalue weighted by atomic mass is 9.82. The van der Waals surface area contributed by atoms with Crippen LogP contribution in [0.3, 0.4) is 0 Å². The Kier molecular flexibility index (Phi) is 5.35. The van der Waals surface area contributed by atoms with E-state index in [2.05, 4.69) is 26.0 Å². The average Bonchev–Trinajstić information content (AvgIpc) is 3.55. The van der Waals surface area contributed by atoms with Crippen LogP contribution in [0.4, 0.5) is 10.6 Å². The summed E-state index contributed by atoms with van der Waals surface area (Å²) in [5.41, 5.74) is 9.98. The monoisotopic (exact) mass is 473 g/mol. The molecule has 0 radical (unpaired) electrons. The number of carbonyl (C=O) groups excluding carboxylic acids is 1. The third kappa shape index (κ3) is 3.98. The second-order valence-electron chi connectivity index (χ2n) is 10.1. The largest absolute Gasteiger partial charge is 0.482 e. The third-order valence-electron chi connectivity index (χ3n) is 7.83. The fourth-order valence-electron chi connectivity index (χ4n) is 5.45. The number of hydrogen-bond acceptors (Lipinski definition) is 6. The number of urea groups is 1. The van der Waals surface area contributed by atoms with Gasteiger partial charge in [-0.05, 0) is 57.2 Å². The van der Waals surface area contributed by atoms with Crippen molar-refractivity contribution in [1.29, 1.82) is 0 Å². The van der Waals surface area contributed by atoms with E-state index < -0.39 is 0 Å². The molecular weight excluding hydrogens is 442 g/mol. The number of carbonyl (C=O) groups is 1. The maximum Gasteiger partial charge on any atom is 0.317 e. The smallest absolute Gasteiger partial charge is 0.317 e. The molecule has 1 unspecified atom stereocenters. The number of aromatic nitrogens is 4. The van der Waals surface area contributed by atoms with E-state index in [9.17, 15) is 4.79 Å². The number of fused-ring (bicyclic) bond motifs is 2. The Labute approximate surface area is 204 Å². The van der Waals surface area contributed by atoms with Crippen molar-refractivity contribution in [2.75, 3.05) is 18.8 Å². The van der Waals surface area contributed by atoms with Gasteiger partial charge in [-0.2, -0.15) is 5.10 Å². The quantitative estimate of drug-likeness (QED) is 0.585. The van der Waals surface area contributed by atoms with Gasteiger partial charge in [0.2, 0.25) is 0 Å². The van der Waals surface area contributed by atoms with Gasteiger partial charge in [-0.15, -0.1) is 0 Å². The number of pyridine rings is 2. The molecule has 35 heavy (non-hydrogen) atoms. The van der Waals surface area contributed by atoms with Crippen molar-refractivity contribution in [2.24, 2.45) is 0 Å². The highest BCUT2D eigenvalue weighted by atomic mass is 16.5. The van der Waals surface area contributed by atoms with Crippen LogP contribution in [0.1, 0.15) is 56.4 Å². The summed E-state index contributed by atoms with van der Waals surface area (Å²) in [6.45, 7) is 4.35. The van der Waals surface area contributed by atoms with Crippen molar-refractivity contribution in [3.63, 3.8) is 0 Å². The Morgan fingerprint density at radius 2 is 2.11 bits per heavy atom. The Balaban J connectivity index is 1.21. The Morgan fingerprint density at radius 1 is 1.26 bits per heavy atom. The van der Waals surface area contributed by atoms with Crippen molar-refractivity contribution in [2.45, 2.75) is 63.1 Å². The zero-order chi connectivity index (χ0) is 24.0. The van der Waals surface area contributed by atoms with Crippen molar-refractivity contribution in [3.05, 3.63) is 54.1 Å². The minimum absolute atomic E-state index is 0.0302. The van der Waals surface area contributed by atoms with E-state index in [0.29, 0.717) is 17.6 Å². The zero-order valence-electron chi connectivity index (χ0n) is 20.0. The summed E-state index contributed by atoms with van der Waals surface area (Å²) in [5.74, 6) is 0.873. The number of nitrogens with two attached hydrogens (primary N) is 1. The molecule has 2 fully saturated rings. The number of nitrogens with one attached hydrogen (secondary N) is 1. The zero-order valence-corrected chi connectivity index (χ0v) is 20.0. The van der Waals surface area contributed by atoms with Crippen LogP contribution < -0.4 is 15.8 Å². The summed E-state index contributed by atoms with van der Waals surface area (Å²) in [6, 6.07) is 8.36. The molecule has 9 nitrogen and oxygen atoms in total. The molecule has 1 aliphatic carbocycles. The van der Waals surface area contributed by atoms with Crippen LogP contribution in [0.5, 0.6) is 5.75 Å². The van der Waals surface area contributed by atoms with Crippen LogP contribution in [0, 0.1) is 0 Å². The van der Waals surface area contributed by atoms with E-state index in [1.165, 1.54) is 12.1 Å². The van der Waals surface area contributed by atoms with Crippen LogP contribution in [0.15, 0.2) is 42.9 Å². The summed E-state index contributed by atoms with van der Waals surface area (Å²) in [7, 11) is 0. The maximum absolute atomic E-state index is 12.7. The number of anilines is 1. The summed E-state index contributed by atoms with van der Waals surface area (Å²) in [6.07, 6.45) is 10.4. The number of ether oxygens (including phenoxy) is 1. The summed E-state index contributed by atoms with van der Waals surface area (Å²) in [4.78, 5) is 23.3. The van der Waals surface area contributed by atoms with Crippen molar-refractivity contribution < 1.29 is 9.53 Å². The number of hydrogen-bond donors (Lipinski definition) is 2. The highest BCUT2D eigenvalue weighted by molar-refractivity contribution is 5.75. The van der Waals surface area contributed by atoms with Gasteiger partial charge in [0.25, 0.3) is 0 Å². The number of nitrogens with zero attached hydrogens (tertiary/aromatic N) is 5. The average molecular weight is 474 g/mol. The first-order valence-corrected chi connectivity index (χ1v) is 12.5.